The highest BCUT2D eigenvalue weighted by Gasteiger charge is 2.01. The number of hydrogen-bond donors (Lipinski definition) is 0. The molecular weight excluding hydrogens is 278 g/mol. The minimum absolute atomic E-state index is 0.952. The normalized spacial score (nSPS) is 12.0. The Hall–Kier alpha value is -0.700. The van der Waals surface area contributed by atoms with E-state index in [4.69, 9.17) is 0 Å². The van der Waals surface area contributed by atoms with Crippen molar-refractivity contribution in [3.05, 3.63) is 58.7 Å². The van der Waals surface area contributed by atoms with Crippen LogP contribution < -0.4 is 10.6 Å². The van der Waals surface area contributed by atoms with Crippen LogP contribution in [-0.4, -0.2) is 12.3 Å². The highest BCUT2D eigenvalue weighted by Crippen LogP contribution is 2.20. The van der Waals surface area contributed by atoms with Gasteiger partial charge in [-0.05, 0) is 61.8 Å². The van der Waals surface area contributed by atoms with Crippen LogP contribution in [0.2, 0.25) is 0 Å². The maximum Gasteiger partial charge on any atom is -0.0240 e. The zero-order valence-electron chi connectivity index (χ0n) is 12.9. The van der Waals surface area contributed by atoms with Crippen molar-refractivity contribution in [2.24, 2.45) is 0 Å². The second kappa shape index (κ2) is 7.35. The minimum atomic E-state index is 0.952. The lowest BCUT2D eigenvalue weighted by molar-refractivity contribution is 1.42. The highest BCUT2D eigenvalue weighted by molar-refractivity contribution is 7.51. The summed E-state index contributed by atoms with van der Waals surface area (Å²) in [7, 11) is 1.90. The van der Waals surface area contributed by atoms with E-state index in [0.717, 1.165) is 17.2 Å². The third-order valence-corrected chi connectivity index (χ3v) is 6.88. The van der Waals surface area contributed by atoms with Gasteiger partial charge in [0.2, 0.25) is 0 Å². The van der Waals surface area contributed by atoms with Crippen molar-refractivity contribution in [3.8, 4) is 0 Å². The lowest BCUT2D eigenvalue weighted by atomic mass is 10.2. The predicted molar refractivity (Wildman–Crippen MR) is 97.5 cm³/mol. The van der Waals surface area contributed by atoms with Crippen molar-refractivity contribution in [2.75, 3.05) is 12.3 Å². The lowest BCUT2D eigenvalue weighted by Gasteiger charge is -2.09. The molecule has 2 unspecified atom stereocenters. The monoisotopic (exact) mass is 302 g/mol. The summed E-state index contributed by atoms with van der Waals surface area (Å²) in [5, 5.41) is 3.10. The number of rotatable bonds is 5. The predicted octanol–water partition coefficient (Wildman–Crippen LogP) is 4.23. The van der Waals surface area contributed by atoms with Crippen molar-refractivity contribution >= 4 is 27.8 Å². The number of aryl methyl sites for hydroxylation is 4. The maximum atomic E-state index is 2.36. The molecule has 0 aliphatic heterocycles. The summed E-state index contributed by atoms with van der Waals surface area (Å²) in [6.07, 6.45) is 2.63. The number of hydrogen-bond acceptors (Lipinski definition) is 0. The Bertz CT molecular complexity index is 534. The Morgan fingerprint density at radius 3 is 1.45 bits per heavy atom. The van der Waals surface area contributed by atoms with E-state index in [1.54, 1.807) is 10.6 Å². The van der Waals surface area contributed by atoms with Gasteiger partial charge in [0.15, 0.2) is 0 Å². The first-order valence-corrected chi connectivity index (χ1v) is 9.60. The summed E-state index contributed by atoms with van der Waals surface area (Å²) in [6.45, 7) is 8.83. The highest BCUT2D eigenvalue weighted by atomic mass is 31.1. The van der Waals surface area contributed by atoms with Crippen LogP contribution in [0.5, 0.6) is 0 Å². The van der Waals surface area contributed by atoms with E-state index >= 15 is 0 Å². The molecule has 0 nitrogen and oxygen atoms in total. The van der Waals surface area contributed by atoms with Gasteiger partial charge in [0.1, 0.15) is 0 Å². The molecule has 2 heteroatoms. The maximum absolute atomic E-state index is 2.36. The molecule has 0 aromatic heterocycles. The fourth-order valence-electron chi connectivity index (χ4n) is 2.25. The van der Waals surface area contributed by atoms with Gasteiger partial charge in [-0.2, -0.15) is 0 Å². The molecule has 2 atom stereocenters. The first-order chi connectivity index (χ1) is 9.56. The lowest BCUT2D eigenvalue weighted by Crippen LogP contribution is -2.05. The largest absolute Gasteiger partial charge is 0.0897 e. The molecule has 0 N–H and O–H groups in total. The van der Waals surface area contributed by atoms with Gasteiger partial charge in [-0.15, -0.1) is 0 Å². The van der Waals surface area contributed by atoms with Crippen molar-refractivity contribution < 1.29 is 0 Å². The molecule has 0 heterocycles. The van der Waals surface area contributed by atoms with E-state index in [1.807, 2.05) is 0 Å². The third-order valence-electron chi connectivity index (χ3n) is 3.54. The van der Waals surface area contributed by atoms with Crippen LogP contribution in [0.4, 0.5) is 0 Å². The number of benzene rings is 2. The van der Waals surface area contributed by atoms with Crippen LogP contribution in [0.15, 0.2) is 36.4 Å². The van der Waals surface area contributed by atoms with Gasteiger partial charge in [0, 0.05) is 0 Å². The SMILES string of the molecule is Cc1ccc(C)c(PCCPc2cc(C)ccc2C)c1. The van der Waals surface area contributed by atoms with Gasteiger partial charge < -0.3 is 0 Å². The molecule has 0 saturated heterocycles. The fraction of sp³-hybridized carbons (Fsp3) is 0.333. The molecule has 20 heavy (non-hydrogen) atoms. The van der Waals surface area contributed by atoms with E-state index in [-0.39, 0.29) is 0 Å². The van der Waals surface area contributed by atoms with Crippen LogP contribution >= 0.6 is 17.2 Å². The summed E-state index contributed by atoms with van der Waals surface area (Å²) in [4.78, 5) is 0. The third kappa shape index (κ3) is 4.41. The summed E-state index contributed by atoms with van der Waals surface area (Å²) < 4.78 is 0. The molecule has 0 aliphatic rings. The van der Waals surface area contributed by atoms with E-state index in [1.165, 1.54) is 34.6 Å². The molecule has 0 bridgehead atoms. The van der Waals surface area contributed by atoms with Crippen molar-refractivity contribution in [1.29, 1.82) is 0 Å². The van der Waals surface area contributed by atoms with Gasteiger partial charge >= 0.3 is 0 Å². The summed E-state index contributed by atoms with van der Waals surface area (Å²) in [6, 6.07) is 13.6. The Balaban J connectivity index is 1.87. The van der Waals surface area contributed by atoms with Crippen molar-refractivity contribution in [2.45, 2.75) is 27.7 Å². The van der Waals surface area contributed by atoms with Crippen LogP contribution in [0.3, 0.4) is 0 Å². The van der Waals surface area contributed by atoms with Crippen molar-refractivity contribution in [1.82, 2.24) is 0 Å². The van der Waals surface area contributed by atoms with Gasteiger partial charge in [0.25, 0.3) is 0 Å². The average molecular weight is 302 g/mol. The topological polar surface area (TPSA) is 0 Å². The summed E-state index contributed by atoms with van der Waals surface area (Å²) >= 11 is 0. The Labute approximate surface area is 127 Å². The van der Waals surface area contributed by atoms with Crippen LogP contribution in [0.25, 0.3) is 0 Å². The molecule has 2 aromatic rings. The van der Waals surface area contributed by atoms with E-state index in [9.17, 15) is 0 Å². The summed E-state index contributed by atoms with van der Waals surface area (Å²) in [5.41, 5.74) is 5.66. The second-order valence-corrected chi connectivity index (χ2v) is 8.27. The first kappa shape index (κ1) is 15.7. The fourth-order valence-corrected chi connectivity index (χ4v) is 5.17. The Morgan fingerprint density at radius 2 is 1.05 bits per heavy atom. The van der Waals surface area contributed by atoms with Crippen LogP contribution in [-0.2, 0) is 0 Å². The van der Waals surface area contributed by atoms with Gasteiger partial charge in [0.05, 0.1) is 0 Å². The zero-order valence-corrected chi connectivity index (χ0v) is 14.9. The Kier molecular flexibility index (Phi) is 5.76. The van der Waals surface area contributed by atoms with Gasteiger partial charge in [-0.25, -0.2) is 0 Å². The minimum Gasteiger partial charge on any atom is -0.0897 e. The zero-order chi connectivity index (χ0) is 14.5. The second-order valence-electron chi connectivity index (χ2n) is 5.49. The van der Waals surface area contributed by atoms with E-state index in [2.05, 4.69) is 64.1 Å². The molecule has 2 aromatic carbocycles. The van der Waals surface area contributed by atoms with Gasteiger partial charge in [-0.3, -0.25) is 0 Å². The smallest absolute Gasteiger partial charge is 0.0240 e. The molecule has 0 radical (unpaired) electrons. The molecule has 0 fully saturated rings. The molecule has 0 spiro atoms. The molecule has 0 saturated carbocycles. The van der Waals surface area contributed by atoms with Crippen molar-refractivity contribution in [3.63, 3.8) is 0 Å². The van der Waals surface area contributed by atoms with E-state index in [0.29, 0.717) is 0 Å². The quantitative estimate of drug-likeness (QED) is 0.573. The first-order valence-electron chi connectivity index (χ1n) is 7.18. The van der Waals surface area contributed by atoms with Crippen LogP contribution in [0.1, 0.15) is 22.3 Å². The van der Waals surface area contributed by atoms with Crippen LogP contribution in [0, 0.1) is 27.7 Å². The molecule has 106 valence electrons. The Morgan fingerprint density at radius 1 is 0.650 bits per heavy atom. The summed E-state index contributed by atoms with van der Waals surface area (Å²) in [5.74, 6) is 0. The molecule has 0 aliphatic carbocycles. The molecular formula is C18H24P2. The molecule has 2 rings (SSSR count). The standard InChI is InChI=1S/C18H24P2/c1-13-5-7-15(3)17(11-13)19-9-10-20-18-12-14(2)6-8-16(18)4/h5-8,11-12,19-20H,9-10H2,1-4H3. The van der Waals surface area contributed by atoms with E-state index < -0.39 is 0 Å². The molecule has 0 amide bonds. The average Bonchev–Trinajstić information content (AvgIpc) is 2.42. The van der Waals surface area contributed by atoms with Gasteiger partial charge in [-0.1, -0.05) is 64.7 Å².